The van der Waals surface area contributed by atoms with Crippen LogP contribution < -0.4 is 0 Å². The number of rotatable bonds is 2. The number of hydrogen-bond acceptors (Lipinski definition) is 3. The third kappa shape index (κ3) is 1.76. The van der Waals surface area contributed by atoms with E-state index in [9.17, 15) is 35.9 Å². The van der Waals surface area contributed by atoms with Crippen LogP contribution in [0.2, 0.25) is 0 Å². The largest absolute Gasteiger partial charge is 0.432 e. The van der Waals surface area contributed by atoms with E-state index in [1.54, 1.807) is 0 Å². The van der Waals surface area contributed by atoms with Gasteiger partial charge in [-0.05, 0) is 6.07 Å². The van der Waals surface area contributed by atoms with Crippen LogP contribution in [0.25, 0.3) is 0 Å². The van der Waals surface area contributed by atoms with Crippen LogP contribution in [0.5, 0.6) is 0 Å². The number of halogens is 6. The molecule has 20 heavy (non-hydrogen) atoms. The lowest BCUT2D eigenvalue weighted by Gasteiger charge is -2.28. The third-order valence-corrected chi connectivity index (χ3v) is 2.78. The molecule has 9 heteroatoms. The van der Waals surface area contributed by atoms with Gasteiger partial charge in [0.05, 0.1) is 11.1 Å². The summed E-state index contributed by atoms with van der Waals surface area (Å²) < 4.78 is 81.1. The molecule has 2 rings (SSSR count). The predicted molar refractivity (Wildman–Crippen MR) is 51.0 cm³/mol. The van der Waals surface area contributed by atoms with Crippen molar-refractivity contribution in [1.82, 2.24) is 0 Å². The number of ether oxygens (including phenoxy) is 1. The Hall–Kier alpha value is -2.06. The van der Waals surface area contributed by atoms with Crippen molar-refractivity contribution in [1.29, 1.82) is 0 Å². The second-order valence-corrected chi connectivity index (χ2v) is 3.92. The highest BCUT2D eigenvalue weighted by atomic mass is 19.4. The molecule has 0 amide bonds. The molecule has 0 aliphatic carbocycles. The Balaban J connectivity index is 2.76. The zero-order valence-corrected chi connectivity index (χ0v) is 9.30. The fourth-order valence-corrected chi connectivity index (χ4v) is 1.83. The smallest absolute Gasteiger partial charge is 0.386 e. The monoisotopic (exact) mass is 298 g/mol. The minimum Gasteiger partial charge on any atom is -0.386 e. The van der Waals surface area contributed by atoms with Crippen molar-refractivity contribution in [2.75, 3.05) is 0 Å². The zero-order chi connectivity index (χ0) is 15.3. The molecule has 0 radical (unpaired) electrons. The van der Waals surface area contributed by atoms with Gasteiger partial charge in [0.2, 0.25) is 0 Å². The molecule has 0 N–H and O–H groups in total. The van der Waals surface area contributed by atoms with Gasteiger partial charge in [-0.1, -0.05) is 12.1 Å². The second kappa shape index (κ2) is 4.22. The van der Waals surface area contributed by atoms with Crippen molar-refractivity contribution in [2.24, 2.45) is 0 Å². The Labute approximate surface area is 107 Å². The lowest BCUT2D eigenvalue weighted by atomic mass is 9.89. The molecule has 1 heterocycles. The van der Waals surface area contributed by atoms with Gasteiger partial charge in [0.1, 0.15) is 0 Å². The molecule has 0 fully saturated rings. The molecule has 1 atom stereocenters. The summed E-state index contributed by atoms with van der Waals surface area (Å²) in [5, 5.41) is 0. The fraction of sp³-hybridized carbons (Fsp3) is 0.273. The number of carbonyl (C=O) groups excluding carboxylic acids is 2. The molecular formula is C11H4F6O3. The highest BCUT2D eigenvalue weighted by Gasteiger charge is 2.65. The number of cyclic esters (lactones) is 2. The Morgan fingerprint density at radius 3 is 2.10 bits per heavy atom. The molecule has 0 saturated carbocycles. The minimum absolute atomic E-state index is 0.373. The lowest BCUT2D eigenvalue weighted by Crippen LogP contribution is -2.45. The average Bonchev–Trinajstić information content (AvgIpc) is 2.62. The number of esters is 2. The van der Waals surface area contributed by atoms with Crippen molar-refractivity contribution < 1.29 is 40.7 Å². The van der Waals surface area contributed by atoms with E-state index in [0.29, 0.717) is 6.07 Å². The first kappa shape index (κ1) is 14.4. The molecule has 1 aromatic rings. The van der Waals surface area contributed by atoms with E-state index in [-0.39, 0.29) is 0 Å². The Morgan fingerprint density at radius 1 is 1.00 bits per heavy atom. The van der Waals surface area contributed by atoms with Crippen molar-refractivity contribution >= 4 is 11.9 Å². The molecule has 108 valence electrons. The van der Waals surface area contributed by atoms with Gasteiger partial charge in [-0.2, -0.15) is 13.2 Å². The highest BCUT2D eigenvalue weighted by molar-refractivity contribution is 6.15. The summed E-state index contributed by atoms with van der Waals surface area (Å²) in [6.07, 6.45) is -10.4. The molecule has 0 aromatic heterocycles. The van der Waals surface area contributed by atoms with Gasteiger partial charge in [0.25, 0.3) is 12.1 Å². The van der Waals surface area contributed by atoms with Gasteiger partial charge in [0, 0.05) is 5.56 Å². The Bertz CT molecular complexity index is 594. The van der Waals surface area contributed by atoms with Gasteiger partial charge in [-0.25, -0.2) is 22.8 Å². The van der Waals surface area contributed by atoms with E-state index in [1.807, 2.05) is 0 Å². The van der Waals surface area contributed by atoms with Gasteiger partial charge < -0.3 is 4.74 Å². The number of benzene rings is 1. The summed E-state index contributed by atoms with van der Waals surface area (Å²) in [5.41, 5.74) is -8.51. The molecule has 1 aromatic carbocycles. The topological polar surface area (TPSA) is 43.4 Å². The first-order valence-electron chi connectivity index (χ1n) is 5.04. The summed E-state index contributed by atoms with van der Waals surface area (Å²) >= 11 is 0. The van der Waals surface area contributed by atoms with E-state index in [1.165, 1.54) is 0 Å². The molecule has 1 unspecified atom stereocenters. The van der Waals surface area contributed by atoms with Crippen LogP contribution in [0.4, 0.5) is 26.3 Å². The van der Waals surface area contributed by atoms with E-state index in [4.69, 9.17) is 0 Å². The predicted octanol–water partition coefficient (Wildman–Crippen LogP) is 2.99. The summed E-state index contributed by atoms with van der Waals surface area (Å²) in [5.74, 6) is -2.90. The summed E-state index contributed by atoms with van der Waals surface area (Å²) in [6.45, 7) is 0. The molecule has 1 aliphatic rings. The lowest BCUT2D eigenvalue weighted by molar-refractivity contribution is -0.274. The highest BCUT2D eigenvalue weighted by Crippen LogP contribution is 2.49. The summed E-state index contributed by atoms with van der Waals surface area (Å²) in [7, 11) is 0. The second-order valence-electron chi connectivity index (χ2n) is 3.92. The van der Waals surface area contributed by atoms with Gasteiger partial charge in [-0.15, -0.1) is 0 Å². The van der Waals surface area contributed by atoms with Crippen molar-refractivity contribution in [3.05, 3.63) is 34.9 Å². The third-order valence-electron chi connectivity index (χ3n) is 2.78. The van der Waals surface area contributed by atoms with Crippen molar-refractivity contribution in [3.8, 4) is 0 Å². The molecule has 0 bridgehead atoms. The van der Waals surface area contributed by atoms with Gasteiger partial charge in [-0.3, -0.25) is 0 Å². The molecule has 0 saturated heterocycles. The van der Waals surface area contributed by atoms with Crippen molar-refractivity contribution in [2.45, 2.75) is 18.3 Å². The van der Waals surface area contributed by atoms with Crippen LogP contribution in [0, 0.1) is 0 Å². The van der Waals surface area contributed by atoms with E-state index in [2.05, 4.69) is 4.74 Å². The summed E-state index contributed by atoms with van der Waals surface area (Å²) in [4.78, 5) is 22.4. The van der Waals surface area contributed by atoms with Crippen molar-refractivity contribution in [3.63, 3.8) is 0 Å². The number of fused-ring (bicyclic) bond motifs is 1. The van der Waals surface area contributed by atoms with Crippen LogP contribution in [0.1, 0.15) is 26.3 Å². The van der Waals surface area contributed by atoms with E-state index >= 15 is 0 Å². The molecular weight excluding hydrogens is 294 g/mol. The van der Waals surface area contributed by atoms with Crippen LogP contribution in [0.3, 0.4) is 0 Å². The van der Waals surface area contributed by atoms with Gasteiger partial charge in [0.15, 0.2) is 0 Å². The average molecular weight is 298 g/mol. The number of alkyl halides is 6. The first-order valence-corrected chi connectivity index (χ1v) is 5.04. The van der Waals surface area contributed by atoms with E-state index in [0.717, 1.165) is 12.1 Å². The molecule has 1 aliphatic heterocycles. The normalized spacial score (nSPS) is 17.9. The maximum absolute atomic E-state index is 13.9. The zero-order valence-electron chi connectivity index (χ0n) is 9.30. The number of hydrogen-bond donors (Lipinski definition) is 0. The maximum Gasteiger partial charge on any atom is 0.432 e. The fourth-order valence-electron chi connectivity index (χ4n) is 1.83. The summed E-state index contributed by atoms with van der Waals surface area (Å²) in [6, 6.07) is 2.02. The molecule has 0 spiro atoms. The van der Waals surface area contributed by atoms with E-state index < -0.39 is 46.9 Å². The van der Waals surface area contributed by atoms with Gasteiger partial charge >= 0.3 is 18.1 Å². The first-order chi connectivity index (χ1) is 9.10. The molecule has 3 nitrogen and oxygen atoms in total. The number of carbonyl (C=O) groups is 2. The van der Waals surface area contributed by atoms with Crippen LogP contribution in [-0.4, -0.2) is 24.5 Å². The maximum atomic E-state index is 13.9. The Kier molecular flexibility index (Phi) is 3.03. The van der Waals surface area contributed by atoms with Crippen LogP contribution >= 0.6 is 0 Å². The Morgan fingerprint density at radius 2 is 1.60 bits per heavy atom. The minimum atomic E-state index is -5.97. The standard InChI is InChI=1S/C11H4F6O3/c12-9(13)10(14,11(15,16)17)5-3-1-2-4-6(5)8(19)20-7(4)18/h1-3,9H. The van der Waals surface area contributed by atoms with Crippen LogP contribution in [0.15, 0.2) is 18.2 Å². The van der Waals surface area contributed by atoms with Crippen LogP contribution in [-0.2, 0) is 10.4 Å². The SMILES string of the molecule is O=C1OC(=O)c2c1cccc2C(F)(C(F)F)C(F)(F)F. The quantitative estimate of drug-likeness (QED) is 0.479.